The number of nitrogens with zero attached hydrogens (tertiary/aromatic N) is 4. The van der Waals surface area contributed by atoms with Gasteiger partial charge in [0.2, 0.25) is 11.8 Å². The van der Waals surface area contributed by atoms with Gasteiger partial charge in [-0.25, -0.2) is 0 Å². The molecule has 0 aliphatic heterocycles. The number of amides is 2. The predicted molar refractivity (Wildman–Crippen MR) is 138 cm³/mol. The molecule has 0 aliphatic carbocycles. The SMILES string of the molecule is CCCCCCn1nc(-c2cnccn2)cc1CCCCC(=O)NC(=O)C(N)Cc1ccc(O)cc1. The largest absolute Gasteiger partial charge is 0.508 e. The van der Waals surface area contributed by atoms with Gasteiger partial charge in [-0.2, -0.15) is 5.10 Å². The number of carbonyl (C=O) groups is 2. The number of aromatic nitrogens is 4. The molecule has 3 aromatic rings. The third kappa shape index (κ3) is 8.57. The molecule has 0 fully saturated rings. The van der Waals surface area contributed by atoms with Crippen molar-refractivity contribution in [2.45, 2.75) is 77.3 Å². The van der Waals surface area contributed by atoms with Gasteiger partial charge in [0, 0.05) is 31.1 Å². The highest BCUT2D eigenvalue weighted by atomic mass is 16.3. The van der Waals surface area contributed by atoms with Crippen molar-refractivity contribution in [1.82, 2.24) is 25.1 Å². The Morgan fingerprint density at radius 2 is 1.86 bits per heavy atom. The molecule has 1 unspecified atom stereocenters. The smallest absolute Gasteiger partial charge is 0.243 e. The van der Waals surface area contributed by atoms with E-state index in [0.717, 1.165) is 48.5 Å². The van der Waals surface area contributed by atoms with E-state index in [-0.39, 0.29) is 24.5 Å². The number of hydrogen-bond acceptors (Lipinski definition) is 7. The van der Waals surface area contributed by atoms with E-state index in [1.165, 1.54) is 19.3 Å². The number of benzene rings is 1. The average Bonchev–Trinajstić information content (AvgIpc) is 3.29. The first kappa shape index (κ1) is 27.0. The molecule has 2 heterocycles. The van der Waals surface area contributed by atoms with Gasteiger partial charge in [0.15, 0.2) is 0 Å². The maximum Gasteiger partial charge on any atom is 0.243 e. The number of nitrogens with two attached hydrogens (primary N) is 1. The minimum Gasteiger partial charge on any atom is -0.508 e. The van der Waals surface area contributed by atoms with Crippen LogP contribution >= 0.6 is 0 Å². The second-order valence-corrected chi connectivity index (χ2v) is 8.99. The fourth-order valence-corrected chi connectivity index (χ4v) is 3.96. The van der Waals surface area contributed by atoms with Crippen LogP contribution < -0.4 is 11.1 Å². The Bertz CT molecular complexity index is 1100. The number of phenols is 1. The summed E-state index contributed by atoms with van der Waals surface area (Å²) in [6.07, 6.45) is 12.4. The zero-order chi connectivity index (χ0) is 25.8. The second-order valence-electron chi connectivity index (χ2n) is 8.99. The lowest BCUT2D eigenvalue weighted by atomic mass is 10.1. The highest BCUT2D eigenvalue weighted by molar-refractivity contribution is 5.97. The third-order valence-corrected chi connectivity index (χ3v) is 5.99. The predicted octanol–water partition coefficient (Wildman–Crippen LogP) is 3.55. The molecule has 3 rings (SSSR count). The van der Waals surface area contributed by atoms with E-state index in [1.54, 1.807) is 42.9 Å². The van der Waals surface area contributed by atoms with Gasteiger partial charge >= 0.3 is 0 Å². The number of aromatic hydroxyl groups is 1. The zero-order valence-electron chi connectivity index (χ0n) is 20.9. The van der Waals surface area contributed by atoms with E-state index in [0.29, 0.717) is 6.42 Å². The molecule has 2 amide bonds. The van der Waals surface area contributed by atoms with Crippen molar-refractivity contribution in [3.8, 4) is 17.1 Å². The highest BCUT2D eigenvalue weighted by Gasteiger charge is 2.17. The van der Waals surface area contributed by atoms with Crippen LogP contribution in [0.15, 0.2) is 48.9 Å². The summed E-state index contributed by atoms with van der Waals surface area (Å²) in [6, 6.07) is 7.70. The summed E-state index contributed by atoms with van der Waals surface area (Å²) in [6.45, 7) is 3.04. The Kier molecular flexibility index (Phi) is 10.6. The molecule has 0 bridgehead atoms. The molecule has 192 valence electrons. The van der Waals surface area contributed by atoms with Gasteiger partial charge in [-0.15, -0.1) is 0 Å². The summed E-state index contributed by atoms with van der Waals surface area (Å²) < 4.78 is 2.05. The number of phenolic OH excluding ortho intramolecular Hbond substituents is 1. The molecule has 4 N–H and O–H groups in total. The molecule has 9 heteroatoms. The molecular formula is C27H36N6O3. The maximum absolute atomic E-state index is 12.3. The van der Waals surface area contributed by atoms with Crippen molar-refractivity contribution < 1.29 is 14.7 Å². The van der Waals surface area contributed by atoms with Gasteiger partial charge in [-0.1, -0.05) is 38.3 Å². The summed E-state index contributed by atoms with van der Waals surface area (Å²) in [5, 5.41) is 16.5. The summed E-state index contributed by atoms with van der Waals surface area (Å²) in [7, 11) is 0. The van der Waals surface area contributed by atoms with Crippen molar-refractivity contribution in [3.63, 3.8) is 0 Å². The van der Waals surface area contributed by atoms with Crippen LogP contribution in [0.1, 0.15) is 63.1 Å². The summed E-state index contributed by atoms with van der Waals surface area (Å²) >= 11 is 0. The van der Waals surface area contributed by atoms with Gasteiger partial charge in [0.1, 0.15) is 17.1 Å². The molecule has 0 aliphatic rings. The van der Waals surface area contributed by atoms with Gasteiger partial charge in [0.25, 0.3) is 0 Å². The fraction of sp³-hybridized carbons (Fsp3) is 0.444. The van der Waals surface area contributed by atoms with E-state index in [4.69, 9.17) is 10.8 Å². The van der Waals surface area contributed by atoms with Crippen LogP contribution in [0.2, 0.25) is 0 Å². The van der Waals surface area contributed by atoms with Crippen molar-refractivity contribution >= 4 is 11.8 Å². The molecular weight excluding hydrogens is 456 g/mol. The van der Waals surface area contributed by atoms with Crippen molar-refractivity contribution in [1.29, 1.82) is 0 Å². The highest BCUT2D eigenvalue weighted by Crippen LogP contribution is 2.19. The maximum atomic E-state index is 12.3. The van der Waals surface area contributed by atoms with E-state index in [1.807, 2.05) is 4.68 Å². The van der Waals surface area contributed by atoms with Gasteiger partial charge in [0.05, 0.1) is 12.2 Å². The van der Waals surface area contributed by atoms with E-state index < -0.39 is 11.9 Å². The molecule has 9 nitrogen and oxygen atoms in total. The summed E-state index contributed by atoms with van der Waals surface area (Å²) in [5.41, 5.74) is 9.42. The van der Waals surface area contributed by atoms with Gasteiger partial charge < -0.3 is 10.8 Å². The van der Waals surface area contributed by atoms with Crippen LogP contribution in [0, 0.1) is 0 Å². The number of unbranched alkanes of at least 4 members (excludes halogenated alkanes) is 4. The number of imide groups is 1. The quantitative estimate of drug-likeness (QED) is 0.293. The molecule has 2 aromatic heterocycles. The van der Waals surface area contributed by atoms with Crippen LogP contribution in [-0.2, 0) is 29.0 Å². The Morgan fingerprint density at radius 3 is 2.58 bits per heavy atom. The third-order valence-electron chi connectivity index (χ3n) is 5.99. The van der Waals surface area contributed by atoms with Crippen LogP contribution in [0.5, 0.6) is 5.75 Å². The minimum atomic E-state index is -0.833. The van der Waals surface area contributed by atoms with Crippen molar-refractivity contribution in [3.05, 3.63) is 60.2 Å². The zero-order valence-corrected chi connectivity index (χ0v) is 20.9. The lowest BCUT2D eigenvalue weighted by Gasteiger charge is -2.12. The molecule has 1 aromatic carbocycles. The lowest BCUT2D eigenvalue weighted by Crippen LogP contribution is -2.44. The topological polar surface area (TPSA) is 136 Å². The van der Waals surface area contributed by atoms with Crippen LogP contribution in [0.3, 0.4) is 0 Å². The number of hydrogen-bond donors (Lipinski definition) is 3. The first-order chi connectivity index (χ1) is 17.5. The molecule has 0 radical (unpaired) electrons. The van der Waals surface area contributed by atoms with E-state index >= 15 is 0 Å². The van der Waals surface area contributed by atoms with Crippen molar-refractivity contribution in [2.24, 2.45) is 5.73 Å². The van der Waals surface area contributed by atoms with Gasteiger partial charge in [-0.05, 0) is 55.9 Å². The van der Waals surface area contributed by atoms with Crippen LogP contribution in [0.4, 0.5) is 0 Å². The van der Waals surface area contributed by atoms with Crippen molar-refractivity contribution in [2.75, 3.05) is 0 Å². The summed E-state index contributed by atoms with van der Waals surface area (Å²) in [4.78, 5) is 33.1. The first-order valence-electron chi connectivity index (χ1n) is 12.7. The molecule has 36 heavy (non-hydrogen) atoms. The van der Waals surface area contributed by atoms with E-state index in [2.05, 4.69) is 28.3 Å². The summed E-state index contributed by atoms with van der Waals surface area (Å²) in [5.74, 6) is -0.669. The molecule has 1 atom stereocenters. The monoisotopic (exact) mass is 492 g/mol. The average molecular weight is 493 g/mol. The number of rotatable bonds is 14. The Balaban J connectivity index is 1.46. The molecule has 0 spiro atoms. The molecule has 0 saturated heterocycles. The minimum absolute atomic E-state index is 0.149. The van der Waals surface area contributed by atoms with Crippen LogP contribution in [0.25, 0.3) is 11.4 Å². The number of nitrogens with one attached hydrogen (secondary N) is 1. The normalized spacial score (nSPS) is 11.8. The number of aryl methyl sites for hydroxylation is 2. The first-order valence-corrected chi connectivity index (χ1v) is 12.7. The van der Waals surface area contributed by atoms with E-state index in [9.17, 15) is 14.7 Å². The fourth-order valence-electron chi connectivity index (χ4n) is 3.96. The Labute approximate surface area is 212 Å². The standard InChI is InChI=1S/C27H36N6O3/c1-2-3-4-7-16-33-21(18-24(32-33)25-19-29-14-15-30-25)8-5-6-9-26(35)31-27(36)23(28)17-20-10-12-22(34)13-11-20/h10-15,18-19,23,34H,2-9,16-17,28H2,1H3,(H,31,35,36). The molecule has 0 saturated carbocycles. The number of carbonyl (C=O) groups excluding carboxylic acids is 2. The van der Waals surface area contributed by atoms with Crippen LogP contribution in [-0.4, -0.2) is 42.7 Å². The second kappa shape index (κ2) is 14.1. The Hall–Kier alpha value is -3.59. The lowest BCUT2D eigenvalue weighted by molar-refractivity contribution is -0.131. The Morgan fingerprint density at radius 1 is 1.06 bits per heavy atom. The van der Waals surface area contributed by atoms with Gasteiger partial charge in [-0.3, -0.25) is 29.6 Å².